The van der Waals surface area contributed by atoms with Crippen molar-refractivity contribution < 1.29 is 26.4 Å². The molecule has 0 aliphatic rings. The third-order valence-electron chi connectivity index (χ3n) is 2.61. The summed E-state index contributed by atoms with van der Waals surface area (Å²) in [5.74, 6) is -1.88. The molecule has 0 bridgehead atoms. The number of hydrogen-bond acceptors (Lipinski definition) is 3. The maximum absolute atomic E-state index is 13.6. The van der Waals surface area contributed by atoms with Crippen molar-refractivity contribution in [2.24, 2.45) is 5.14 Å². The zero-order valence-corrected chi connectivity index (χ0v) is 11.5. The Hall–Kier alpha value is -1.61. The summed E-state index contributed by atoms with van der Waals surface area (Å²) in [6, 6.07) is 1.66. The molecule has 0 saturated carbocycles. The van der Waals surface area contributed by atoms with Gasteiger partial charge in [0.25, 0.3) is 12.3 Å². The van der Waals surface area contributed by atoms with E-state index in [2.05, 4.69) is 0 Å². The van der Waals surface area contributed by atoms with Gasteiger partial charge in [-0.2, -0.15) is 0 Å². The van der Waals surface area contributed by atoms with Gasteiger partial charge in [0.15, 0.2) is 0 Å². The van der Waals surface area contributed by atoms with Crippen molar-refractivity contribution in [1.82, 2.24) is 4.90 Å². The van der Waals surface area contributed by atoms with Crippen LogP contribution in [0.4, 0.5) is 13.2 Å². The molecule has 0 heterocycles. The number of hydrogen-bond donors (Lipinski definition) is 1. The van der Waals surface area contributed by atoms with E-state index in [-0.39, 0.29) is 11.1 Å². The molecule has 5 nitrogen and oxygen atoms in total. The van der Waals surface area contributed by atoms with Gasteiger partial charge >= 0.3 is 0 Å². The lowest BCUT2D eigenvalue weighted by molar-refractivity contribution is 0.0619. The van der Waals surface area contributed by atoms with E-state index in [9.17, 15) is 26.4 Å². The predicted octanol–water partition coefficient (Wildman–Crippen LogP) is 1.12. The first-order valence-corrected chi connectivity index (χ1v) is 6.95. The Bertz CT molecular complexity index is 632. The number of nitrogens with zero attached hydrogens (tertiary/aromatic N) is 1. The molecule has 0 aliphatic carbocycles. The number of rotatable bonds is 4. The molecule has 0 aromatic heterocycles. The molecule has 2 N–H and O–H groups in total. The van der Waals surface area contributed by atoms with Gasteiger partial charge in [-0.25, -0.2) is 26.7 Å². The smallest absolute Gasteiger partial charge is 0.255 e. The molecule has 112 valence electrons. The quantitative estimate of drug-likeness (QED) is 0.905. The zero-order valence-electron chi connectivity index (χ0n) is 10.7. The first-order valence-electron chi connectivity index (χ1n) is 5.40. The van der Waals surface area contributed by atoms with Crippen LogP contribution < -0.4 is 5.14 Å². The molecule has 1 amide bonds. The molecule has 0 fully saturated rings. The largest absolute Gasteiger partial charge is 0.336 e. The number of primary sulfonamides is 1. The summed E-state index contributed by atoms with van der Waals surface area (Å²) in [5.41, 5.74) is -0.596. The Labute approximate surface area is 114 Å². The van der Waals surface area contributed by atoms with E-state index in [1.807, 2.05) is 0 Å². The zero-order chi connectivity index (χ0) is 15.7. The van der Waals surface area contributed by atoms with Crippen molar-refractivity contribution in [3.05, 3.63) is 29.1 Å². The monoisotopic (exact) mass is 310 g/mol. The Morgan fingerprint density at radius 3 is 2.40 bits per heavy atom. The summed E-state index contributed by atoms with van der Waals surface area (Å²) in [7, 11) is -3.12. The van der Waals surface area contributed by atoms with Crippen LogP contribution in [0.15, 0.2) is 17.0 Å². The maximum Gasteiger partial charge on any atom is 0.255 e. The van der Waals surface area contributed by atoms with Gasteiger partial charge in [-0.05, 0) is 19.1 Å². The van der Waals surface area contributed by atoms with E-state index in [0.717, 1.165) is 19.2 Å². The van der Waals surface area contributed by atoms with Crippen LogP contribution in [0.5, 0.6) is 0 Å². The third kappa shape index (κ3) is 3.70. The second kappa shape index (κ2) is 5.80. The van der Waals surface area contributed by atoms with E-state index in [1.54, 1.807) is 0 Å². The van der Waals surface area contributed by atoms with Gasteiger partial charge in [-0.1, -0.05) is 0 Å². The fourth-order valence-electron chi connectivity index (χ4n) is 1.58. The highest BCUT2D eigenvalue weighted by atomic mass is 32.2. The summed E-state index contributed by atoms with van der Waals surface area (Å²) in [6.45, 7) is 0.339. The third-order valence-corrected chi connectivity index (χ3v) is 3.65. The topological polar surface area (TPSA) is 80.5 Å². The number of halogens is 3. The van der Waals surface area contributed by atoms with Crippen molar-refractivity contribution in [1.29, 1.82) is 0 Å². The molecule has 1 aromatic carbocycles. The van der Waals surface area contributed by atoms with Crippen LogP contribution >= 0.6 is 0 Å². The SMILES string of the molecule is Cc1c(F)cc(C(=O)N(C)CC(F)F)cc1S(N)(=O)=O. The highest BCUT2D eigenvalue weighted by molar-refractivity contribution is 7.89. The molecule has 20 heavy (non-hydrogen) atoms. The fourth-order valence-corrected chi connectivity index (χ4v) is 2.40. The molecular formula is C11H13F3N2O3S. The van der Waals surface area contributed by atoms with Crippen LogP contribution in [0, 0.1) is 12.7 Å². The summed E-state index contributed by atoms with van der Waals surface area (Å²) < 4.78 is 60.6. The fraction of sp³-hybridized carbons (Fsp3) is 0.364. The lowest BCUT2D eigenvalue weighted by Crippen LogP contribution is -2.31. The summed E-state index contributed by atoms with van der Waals surface area (Å²) in [4.78, 5) is 11.9. The maximum atomic E-state index is 13.6. The minimum Gasteiger partial charge on any atom is -0.336 e. The van der Waals surface area contributed by atoms with Crippen molar-refractivity contribution in [2.45, 2.75) is 18.2 Å². The van der Waals surface area contributed by atoms with E-state index in [4.69, 9.17) is 5.14 Å². The van der Waals surface area contributed by atoms with E-state index in [1.165, 1.54) is 6.92 Å². The van der Waals surface area contributed by atoms with Crippen LogP contribution in [0.25, 0.3) is 0 Å². The van der Waals surface area contributed by atoms with Crippen molar-refractivity contribution in [2.75, 3.05) is 13.6 Å². The van der Waals surface area contributed by atoms with Gasteiger partial charge in [0.05, 0.1) is 11.4 Å². The molecule has 0 saturated heterocycles. The number of alkyl halides is 2. The van der Waals surface area contributed by atoms with Crippen molar-refractivity contribution >= 4 is 15.9 Å². The first-order chi connectivity index (χ1) is 9.04. The molecule has 0 unspecified atom stereocenters. The van der Waals surface area contributed by atoms with Gasteiger partial charge in [0, 0.05) is 18.2 Å². The normalized spacial score (nSPS) is 11.8. The van der Waals surface area contributed by atoms with E-state index in [0.29, 0.717) is 4.90 Å². The molecule has 0 aliphatic heterocycles. The molecule has 1 aromatic rings. The minimum absolute atomic E-state index is 0.236. The van der Waals surface area contributed by atoms with Gasteiger partial charge in [0.1, 0.15) is 5.82 Å². The number of sulfonamides is 1. The van der Waals surface area contributed by atoms with Gasteiger partial charge in [-0.15, -0.1) is 0 Å². The molecule has 1 rings (SSSR count). The number of amides is 1. The average Bonchev–Trinajstić information content (AvgIpc) is 2.29. The number of benzene rings is 1. The summed E-state index contributed by atoms with van der Waals surface area (Å²) in [6.07, 6.45) is -2.75. The van der Waals surface area contributed by atoms with Gasteiger partial charge < -0.3 is 4.90 Å². The number of carbonyl (C=O) groups excluding carboxylic acids is 1. The van der Waals surface area contributed by atoms with Gasteiger partial charge in [-0.3, -0.25) is 4.79 Å². The summed E-state index contributed by atoms with van der Waals surface area (Å²) in [5, 5.41) is 4.91. The molecule has 0 atom stereocenters. The number of carbonyl (C=O) groups is 1. The lowest BCUT2D eigenvalue weighted by Gasteiger charge is -2.17. The number of nitrogens with two attached hydrogens (primary N) is 1. The summed E-state index contributed by atoms with van der Waals surface area (Å²) >= 11 is 0. The van der Waals surface area contributed by atoms with Crippen LogP contribution in [0.1, 0.15) is 15.9 Å². The minimum atomic E-state index is -4.22. The van der Waals surface area contributed by atoms with Gasteiger partial charge in [0.2, 0.25) is 10.0 Å². The predicted molar refractivity (Wildman–Crippen MR) is 65.5 cm³/mol. The van der Waals surface area contributed by atoms with Crippen LogP contribution in [0.2, 0.25) is 0 Å². The molecule has 0 radical (unpaired) electrons. The van der Waals surface area contributed by atoms with Crippen molar-refractivity contribution in [3.8, 4) is 0 Å². The Morgan fingerprint density at radius 2 is 1.95 bits per heavy atom. The van der Waals surface area contributed by atoms with Crippen LogP contribution in [0.3, 0.4) is 0 Å². The molecular weight excluding hydrogens is 297 g/mol. The second-order valence-electron chi connectivity index (χ2n) is 4.20. The molecule has 0 spiro atoms. The Balaban J connectivity index is 3.28. The standard InChI is InChI=1S/C11H13F3N2O3S/c1-6-8(12)3-7(4-9(6)20(15,18)19)11(17)16(2)5-10(13)14/h3-4,10H,5H2,1-2H3,(H2,15,18,19). The average molecular weight is 310 g/mol. The van der Waals surface area contributed by atoms with Crippen LogP contribution in [-0.4, -0.2) is 39.2 Å². The highest BCUT2D eigenvalue weighted by Crippen LogP contribution is 2.20. The molecule has 9 heteroatoms. The van der Waals surface area contributed by atoms with Crippen molar-refractivity contribution in [3.63, 3.8) is 0 Å². The van der Waals surface area contributed by atoms with E-state index >= 15 is 0 Å². The Kier molecular flexibility index (Phi) is 4.77. The van der Waals surface area contributed by atoms with E-state index < -0.39 is 39.6 Å². The lowest BCUT2D eigenvalue weighted by atomic mass is 10.1. The first kappa shape index (κ1) is 16.4. The van der Waals surface area contributed by atoms with Crippen LogP contribution in [-0.2, 0) is 10.0 Å². The second-order valence-corrected chi connectivity index (χ2v) is 5.73. The highest BCUT2D eigenvalue weighted by Gasteiger charge is 2.22. The Morgan fingerprint density at radius 1 is 1.40 bits per heavy atom.